The molecule has 154 valence electrons. The maximum Gasteiger partial charge on any atom is 0.390 e. The van der Waals surface area contributed by atoms with Gasteiger partial charge < -0.3 is 10.6 Å². The van der Waals surface area contributed by atoms with Crippen molar-refractivity contribution in [3.63, 3.8) is 0 Å². The molecule has 0 fully saturated rings. The van der Waals surface area contributed by atoms with Gasteiger partial charge in [-0.25, -0.2) is 18.1 Å². The van der Waals surface area contributed by atoms with Crippen molar-refractivity contribution in [1.29, 1.82) is 0 Å². The van der Waals surface area contributed by atoms with E-state index in [0.717, 1.165) is 5.56 Å². The Kier molecular flexibility index (Phi) is 9.04. The van der Waals surface area contributed by atoms with Crippen LogP contribution in [0.3, 0.4) is 0 Å². The molecular formula is C17H27F3N4O2S. The van der Waals surface area contributed by atoms with Crippen molar-refractivity contribution >= 4 is 16.0 Å². The molecule has 0 radical (unpaired) electrons. The molecule has 0 aliphatic rings. The summed E-state index contributed by atoms with van der Waals surface area (Å²) in [6.45, 7) is 5.86. The van der Waals surface area contributed by atoms with Crippen LogP contribution < -0.4 is 15.4 Å². The lowest BCUT2D eigenvalue weighted by atomic mass is 10.1. The van der Waals surface area contributed by atoms with E-state index in [1.807, 2.05) is 6.92 Å². The lowest BCUT2D eigenvalue weighted by Crippen LogP contribution is -2.38. The zero-order valence-electron chi connectivity index (χ0n) is 15.7. The molecule has 27 heavy (non-hydrogen) atoms. The standard InChI is InChI=1S/C17H27F3N4O2S/c1-4-21-16(22-10-9-17(18,19)20)23-11-14-5-7-15(8-6-14)12-27(25,26)24-13(2)3/h5-8,13,24H,4,9-12H2,1-3H3,(H2,21,22,23). The summed E-state index contributed by atoms with van der Waals surface area (Å²) in [5.74, 6) is 0.186. The highest BCUT2D eigenvalue weighted by molar-refractivity contribution is 7.88. The number of benzene rings is 1. The molecule has 0 aromatic heterocycles. The lowest BCUT2D eigenvalue weighted by molar-refractivity contribution is -0.132. The average Bonchev–Trinajstić information content (AvgIpc) is 2.51. The summed E-state index contributed by atoms with van der Waals surface area (Å²) in [7, 11) is -3.39. The molecule has 1 aromatic rings. The van der Waals surface area contributed by atoms with Crippen molar-refractivity contribution in [2.24, 2.45) is 4.99 Å². The number of hydrogen-bond donors (Lipinski definition) is 3. The normalized spacial score (nSPS) is 13.1. The minimum absolute atomic E-state index is 0.115. The van der Waals surface area contributed by atoms with Crippen LogP contribution in [0.5, 0.6) is 0 Å². The van der Waals surface area contributed by atoms with Crippen LogP contribution in [0.25, 0.3) is 0 Å². The fourth-order valence-corrected chi connectivity index (χ4v) is 3.63. The van der Waals surface area contributed by atoms with E-state index in [9.17, 15) is 21.6 Å². The monoisotopic (exact) mass is 408 g/mol. The smallest absolute Gasteiger partial charge is 0.357 e. The van der Waals surface area contributed by atoms with Crippen LogP contribution in [0, 0.1) is 0 Å². The minimum Gasteiger partial charge on any atom is -0.357 e. The number of guanidine groups is 1. The maximum atomic E-state index is 12.2. The third kappa shape index (κ3) is 10.8. The van der Waals surface area contributed by atoms with E-state index < -0.39 is 22.6 Å². The second kappa shape index (κ2) is 10.5. The predicted octanol–water partition coefficient (Wildman–Crippen LogP) is 2.52. The van der Waals surface area contributed by atoms with Crippen molar-refractivity contribution in [2.45, 2.75) is 51.7 Å². The molecule has 10 heteroatoms. The van der Waals surface area contributed by atoms with Crippen molar-refractivity contribution in [3.05, 3.63) is 35.4 Å². The fourth-order valence-electron chi connectivity index (χ4n) is 2.20. The number of hydrogen-bond acceptors (Lipinski definition) is 3. The zero-order chi connectivity index (χ0) is 20.5. The first-order valence-corrected chi connectivity index (χ1v) is 10.3. The first-order chi connectivity index (χ1) is 12.5. The molecule has 3 N–H and O–H groups in total. The van der Waals surface area contributed by atoms with Gasteiger partial charge >= 0.3 is 6.18 Å². The molecule has 0 bridgehead atoms. The van der Waals surface area contributed by atoms with Crippen LogP contribution >= 0.6 is 0 Å². The number of aliphatic imine (C=N–C) groups is 1. The quantitative estimate of drug-likeness (QED) is 0.433. The van der Waals surface area contributed by atoms with Crippen LogP contribution in [-0.2, 0) is 22.3 Å². The fraction of sp³-hybridized carbons (Fsp3) is 0.588. The summed E-state index contributed by atoms with van der Waals surface area (Å²) >= 11 is 0. The largest absolute Gasteiger partial charge is 0.390 e. The Bertz CT molecular complexity index is 702. The highest BCUT2D eigenvalue weighted by Crippen LogP contribution is 2.18. The van der Waals surface area contributed by atoms with Crippen LogP contribution in [-0.4, -0.2) is 39.7 Å². The van der Waals surface area contributed by atoms with Gasteiger partial charge in [0.05, 0.1) is 18.7 Å². The van der Waals surface area contributed by atoms with Crippen molar-refractivity contribution in [3.8, 4) is 0 Å². The van der Waals surface area contributed by atoms with Gasteiger partial charge in [0, 0.05) is 19.1 Å². The summed E-state index contributed by atoms with van der Waals surface area (Å²) in [6, 6.07) is 6.74. The Morgan fingerprint density at radius 3 is 2.22 bits per heavy atom. The van der Waals surface area contributed by atoms with E-state index in [0.29, 0.717) is 18.1 Å². The maximum absolute atomic E-state index is 12.2. The molecule has 0 atom stereocenters. The van der Waals surface area contributed by atoms with Crippen molar-refractivity contribution < 1.29 is 21.6 Å². The molecule has 0 heterocycles. The van der Waals surface area contributed by atoms with E-state index in [4.69, 9.17) is 0 Å². The van der Waals surface area contributed by atoms with Gasteiger partial charge in [0.1, 0.15) is 0 Å². The first kappa shape index (κ1) is 23.2. The van der Waals surface area contributed by atoms with Gasteiger partial charge in [-0.15, -0.1) is 0 Å². The molecule has 0 unspecified atom stereocenters. The van der Waals surface area contributed by atoms with Crippen molar-refractivity contribution in [2.75, 3.05) is 13.1 Å². The Labute approximate surface area is 158 Å². The molecule has 0 aliphatic heterocycles. The summed E-state index contributed by atoms with van der Waals surface area (Å²) in [5.41, 5.74) is 1.46. The molecule has 0 aliphatic carbocycles. The van der Waals surface area contributed by atoms with Gasteiger partial charge in [-0.05, 0) is 31.9 Å². The second-order valence-corrected chi connectivity index (χ2v) is 8.09. The summed E-state index contributed by atoms with van der Waals surface area (Å²) in [6.07, 6.45) is -5.16. The number of sulfonamides is 1. The highest BCUT2D eigenvalue weighted by Gasteiger charge is 2.26. The van der Waals surface area contributed by atoms with Gasteiger partial charge in [-0.3, -0.25) is 0 Å². The number of nitrogens with one attached hydrogen (secondary N) is 3. The van der Waals surface area contributed by atoms with Gasteiger partial charge in [0.15, 0.2) is 5.96 Å². The second-order valence-electron chi connectivity index (χ2n) is 6.34. The van der Waals surface area contributed by atoms with Crippen LogP contribution in [0.2, 0.25) is 0 Å². The van der Waals surface area contributed by atoms with E-state index in [2.05, 4.69) is 20.3 Å². The van der Waals surface area contributed by atoms with Gasteiger partial charge in [0.25, 0.3) is 0 Å². The van der Waals surface area contributed by atoms with E-state index >= 15 is 0 Å². The Morgan fingerprint density at radius 2 is 1.70 bits per heavy atom. The number of rotatable bonds is 9. The summed E-state index contributed by atoms with van der Waals surface area (Å²) in [5, 5.41) is 5.52. The van der Waals surface area contributed by atoms with Gasteiger partial charge in [-0.1, -0.05) is 24.3 Å². The topological polar surface area (TPSA) is 82.6 Å². The summed E-state index contributed by atoms with van der Waals surface area (Å²) < 4.78 is 63.0. The van der Waals surface area contributed by atoms with E-state index in [1.165, 1.54) is 0 Å². The zero-order valence-corrected chi connectivity index (χ0v) is 16.5. The average molecular weight is 408 g/mol. The molecule has 0 amide bonds. The van der Waals surface area contributed by atoms with Crippen LogP contribution in [0.15, 0.2) is 29.3 Å². The molecule has 0 saturated carbocycles. The SMILES string of the molecule is CCNC(=NCc1ccc(CS(=O)(=O)NC(C)C)cc1)NCCC(F)(F)F. The molecule has 6 nitrogen and oxygen atoms in total. The van der Waals surface area contributed by atoms with E-state index in [-0.39, 0.29) is 24.9 Å². The Balaban J connectivity index is 2.65. The van der Waals surface area contributed by atoms with Crippen LogP contribution in [0.4, 0.5) is 13.2 Å². The molecule has 0 spiro atoms. The highest BCUT2D eigenvalue weighted by atomic mass is 32.2. The Hall–Kier alpha value is -1.81. The van der Waals surface area contributed by atoms with E-state index in [1.54, 1.807) is 38.1 Å². The number of halogens is 3. The minimum atomic E-state index is -4.22. The number of alkyl halides is 3. The number of nitrogens with zero attached hydrogens (tertiary/aromatic N) is 1. The third-order valence-corrected chi connectivity index (χ3v) is 4.80. The summed E-state index contributed by atoms with van der Waals surface area (Å²) in [4.78, 5) is 4.24. The van der Waals surface area contributed by atoms with Gasteiger partial charge in [-0.2, -0.15) is 13.2 Å². The lowest BCUT2D eigenvalue weighted by Gasteiger charge is -2.12. The van der Waals surface area contributed by atoms with Gasteiger partial charge in [0.2, 0.25) is 10.0 Å². The molecular weight excluding hydrogens is 381 g/mol. The van der Waals surface area contributed by atoms with Crippen molar-refractivity contribution in [1.82, 2.24) is 15.4 Å². The predicted molar refractivity (Wildman–Crippen MR) is 101 cm³/mol. The Morgan fingerprint density at radius 1 is 1.11 bits per heavy atom. The first-order valence-electron chi connectivity index (χ1n) is 8.67. The molecule has 0 saturated heterocycles. The molecule has 1 rings (SSSR count). The third-order valence-electron chi connectivity index (χ3n) is 3.26. The molecule has 1 aromatic carbocycles. The van der Waals surface area contributed by atoms with Crippen LogP contribution in [0.1, 0.15) is 38.3 Å².